The number of aliphatic hydroxyl groups is 1. The maximum atomic E-state index is 12.7. The SMILES string of the molecule is COC(=O)[C@@H](O)CSc1nc(OC)c(NS(=O)(=O)c2cccc(Cl)c2Cl)nc1Cl. The van der Waals surface area contributed by atoms with E-state index in [0.29, 0.717) is 0 Å². The van der Waals surface area contributed by atoms with Crippen LogP contribution in [0.15, 0.2) is 28.1 Å². The van der Waals surface area contributed by atoms with Crippen molar-refractivity contribution in [1.82, 2.24) is 9.97 Å². The summed E-state index contributed by atoms with van der Waals surface area (Å²) >= 11 is 18.8. The fourth-order valence-electron chi connectivity index (χ4n) is 1.92. The van der Waals surface area contributed by atoms with Crippen LogP contribution in [-0.2, 0) is 19.6 Å². The summed E-state index contributed by atoms with van der Waals surface area (Å²) in [6.07, 6.45) is -1.41. The Kier molecular flexibility index (Phi) is 8.20. The molecule has 2 N–H and O–H groups in total. The lowest BCUT2D eigenvalue weighted by Crippen LogP contribution is -2.24. The van der Waals surface area contributed by atoms with Crippen LogP contribution in [0.3, 0.4) is 0 Å². The second-order valence-corrected chi connectivity index (χ2v) is 8.99. The second kappa shape index (κ2) is 10.0. The Morgan fingerprint density at radius 1 is 1.28 bits per heavy atom. The van der Waals surface area contributed by atoms with E-state index in [0.717, 1.165) is 18.9 Å². The molecule has 0 amide bonds. The molecular formula is C15H14Cl3N3O6S2. The quantitative estimate of drug-likeness (QED) is 0.413. The van der Waals surface area contributed by atoms with Gasteiger partial charge in [0.15, 0.2) is 11.3 Å². The predicted molar refractivity (Wildman–Crippen MR) is 110 cm³/mol. The van der Waals surface area contributed by atoms with Gasteiger partial charge in [0.05, 0.1) is 24.3 Å². The molecule has 158 valence electrons. The number of ether oxygens (including phenoxy) is 2. The Hall–Kier alpha value is -1.50. The molecule has 1 aromatic carbocycles. The van der Waals surface area contributed by atoms with Crippen LogP contribution < -0.4 is 9.46 Å². The number of nitrogens with zero attached hydrogens (tertiary/aromatic N) is 2. The van der Waals surface area contributed by atoms with Gasteiger partial charge in [-0.3, -0.25) is 4.72 Å². The summed E-state index contributed by atoms with van der Waals surface area (Å²) in [5.41, 5.74) is 0. The van der Waals surface area contributed by atoms with Gasteiger partial charge < -0.3 is 14.6 Å². The minimum Gasteiger partial charge on any atom is -0.478 e. The number of carbonyl (C=O) groups is 1. The maximum Gasteiger partial charge on any atom is 0.335 e. The van der Waals surface area contributed by atoms with E-state index in [-0.39, 0.29) is 42.6 Å². The van der Waals surface area contributed by atoms with Crippen molar-refractivity contribution in [2.45, 2.75) is 16.0 Å². The van der Waals surface area contributed by atoms with Gasteiger partial charge in [0.2, 0.25) is 5.82 Å². The lowest BCUT2D eigenvalue weighted by molar-refractivity contribution is -0.149. The van der Waals surface area contributed by atoms with Crippen molar-refractivity contribution in [2.75, 3.05) is 24.7 Å². The third-order valence-electron chi connectivity index (χ3n) is 3.27. The van der Waals surface area contributed by atoms with Crippen molar-refractivity contribution in [2.24, 2.45) is 0 Å². The zero-order valence-corrected chi connectivity index (χ0v) is 18.8. The number of hydrogen-bond donors (Lipinski definition) is 2. The average molecular weight is 503 g/mol. The number of rotatable bonds is 8. The smallest absolute Gasteiger partial charge is 0.335 e. The second-order valence-electron chi connectivity index (χ2n) is 5.18. The molecule has 2 rings (SSSR count). The zero-order chi connectivity index (χ0) is 21.8. The Morgan fingerprint density at radius 2 is 1.97 bits per heavy atom. The van der Waals surface area contributed by atoms with Crippen molar-refractivity contribution in [3.05, 3.63) is 33.4 Å². The molecule has 1 aromatic heterocycles. The van der Waals surface area contributed by atoms with E-state index < -0.39 is 22.1 Å². The van der Waals surface area contributed by atoms with Gasteiger partial charge in [-0.15, -0.1) is 0 Å². The average Bonchev–Trinajstić information content (AvgIpc) is 2.68. The van der Waals surface area contributed by atoms with Crippen LogP contribution in [0.2, 0.25) is 15.2 Å². The number of hydrogen-bond acceptors (Lipinski definition) is 9. The summed E-state index contributed by atoms with van der Waals surface area (Å²) < 4.78 is 37.0. The van der Waals surface area contributed by atoms with E-state index in [4.69, 9.17) is 39.5 Å². The van der Waals surface area contributed by atoms with Crippen molar-refractivity contribution >= 4 is 68.4 Å². The van der Waals surface area contributed by atoms with Crippen LogP contribution in [0.25, 0.3) is 0 Å². The Bertz CT molecular complexity index is 1020. The molecule has 0 unspecified atom stereocenters. The van der Waals surface area contributed by atoms with Gasteiger partial charge >= 0.3 is 5.97 Å². The van der Waals surface area contributed by atoms with E-state index in [1.165, 1.54) is 25.3 Å². The normalized spacial score (nSPS) is 12.3. The van der Waals surface area contributed by atoms with Crippen LogP contribution in [0.4, 0.5) is 5.82 Å². The minimum absolute atomic E-state index is 0.0570. The summed E-state index contributed by atoms with van der Waals surface area (Å²) in [5, 5.41) is 9.47. The van der Waals surface area contributed by atoms with Gasteiger partial charge in [0.1, 0.15) is 9.92 Å². The number of aliphatic hydroxyl groups excluding tert-OH is 1. The van der Waals surface area contributed by atoms with Crippen molar-refractivity contribution in [1.29, 1.82) is 0 Å². The first-order valence-corrected chi connectivity index (χ1v) is 11.2. The van der Waals surface area contributed by atoms with Gasteiger partial charge in [0.25, 0.3) is 15.9 Å². The first-order chi connectivity index (χ1) is 13.6. The molecule has 0 radical (unpaired) electrons. The standard InChI is InChI=1S/C15H14Cl3N3O6S2/c1-26-13-12(21-29(24,25)9-5-3-4-7(16)10(9)17)19-11(18)14(20-13)28-6-8(22)15(23)27-2/h3-5,8,22H,6H2,1-2H3,(H,19,21)/t8-/m0/s1. The number of aromatic nitrogens is 2. The Morgan fingerprint density at radius 3 is 2.59 bits per heavy atom. The highest BCUT2D eigenvalue weighted by molar-refractivity contribution is 7.99. The maximum absolute atomic E-state index is 12.7. The predicted octanol–water partition coefficient (Wildman–Crippen LogP) is 2.87. The van der Waals surface area contributed by atoms with E-state index in [1.807, 2.05) is 0 Å². The van der Waals surface area contributed by atoms with Gasteiger partial charge in [-0.25, -0.2) is 23.2 Å². The van der Waals surface area contributed by atoms with Gasteiger partial charge in [-0.2, -0.15) is 0 Å². The minimum atomic E-state index is -4.18. The number of esters is 1. The molecule has 14 heteroatoms. The first kappa shape index (κ1) is 23.8. The number of thioether (sulfide) groups is 1. The van der Waals surface area contributed by atoms with Gasteiger partial charge in [-0.1, -0.05) is 52.6 Å². The number of benzene rings is 1. The number of anilines is 1. The summed E-state index contributed by atoms with van der Waals surface area (Å²) in [5.74, 6) is -1.41. The zero-order valence-electron chi connectivity index (χ0n) is 14.8. The molecule has 0 spiro atoms. The van der Waals surface area contributed by atoms with Crippen molar-refractivity contribution in [3.63, 3.8) is 0 Å². The summed E-state index contributed by atoms with van der Waals surface area (Å²) in [6, 6.07) is 4.12. The van der Waals surface area contributed by atoms with Crippen LogP contribution in [0.1, 0.15) is 0 Å². The van der Waals surface area contributed by atoms with Crippen LogP contribution in [-0.4, -0.2) is 55.5 Å². The monoisotopic (exact) mass is 501 g/mol. The molecule has 1 heterocycles. The fraction of sp³-hybridized carbons (Fsp3) is 0.267. The van der Waals surface area contributed by atoms with Gasteiger partial charge in [0, 0.05) is 5.75 Å². The number of methoxy groups -OCH3 is 2. The largest absolute Gasteiger partial charge is 0.478 e. The molecule has 0 bridgehead atoms. The van der Waals surface area contributed by atoms with Crippen molar-refractivity contribution < 1.29 is 27.8 Å². The molecule has 0 aliphatic carbocycles. The topological polar surface area (TPSA) is 128 Å². The number of sulfonamides is 1. The molecule has 0 aliphatic rings. The number of nitrogens with one attached hydrogen (secondary N) is 1. The Labute approximate surface area is 185 Å². The lowest BCUT2D eigenvalue weighted by atomic mass is 10.4. The molecular weight excluding hydrogens is 489 g/mol. The molecule has 29 heavy (non-hydrogen) atoms. The van der Waals surface area contributed by atoms with E-state index in [2.05, 4.69) is 19.4 Å². The Balaban J connectivity index is 2.31. The summed E-state index contributed by atoms with van der Waals surface area (Å²) in [6.45, 7) is 0. The third-order valence-corrected chi connectivity index (χ3v) is 7.00. The molecule has 1 atom stereocenters. The molecule has 0 fully saturated rings. The molecule has 2 aromatic rings. The summed E-state index contributed by atoms with van der Waals surface area (Å²) in [7, 11) is -1.80. The number of halogens is 3. The fourth-order valence-corrected chi connectivity index (χ4v) is 4.74. The van der Waals surface area contributed by atoms with Crippen LogP contribution >= 0.6 is 46.6 Å². The van der Waals surface area contributed by atoms with Gasteiger partial charge in [-0.05, 0) is 12.1 Å². The van der Waals surface area contributed by atoms with E-state index in [1.54, 1.807) is 0 Å². The molecule has 0 aliphatic heterocycles. The van der Waals surface area contributed by atoms with E-state index >= 15 is 0 Å². The molecule has 9 nitrogen and oxygen atoms in total. The van der Waals surface area contributed by atoms with E-state index in [9.17, 15) is 18.3 Å². The lowest BCUT2D eigenvalue weighted by Gasteiger charge is -2.14. The van der Waals surface area contributed by atoms with Crippen molar-refractivity contribution in [3.8, 4) is 5.88 Å². The van der Waals surface area contributed by atoms with Crippen LogP contribution in [0.5, 0.6) is 5.88 Å². The highest BCUT2D eigenvalue weighted by Crippen LogP contribution is 2.34. The summed E-state index contributed by atoms with van der Waals surface area (Å²) in [4.78, 5) is 19.0. The third kappa shape index (κ3) is 5.77. The highest BCUT2D eigenvalue weighted by atomic mass is 35.5. The number of carbonyl (C=O) groups excluding carboxylic acids is 1. The molecule has 0 saturated carbocycles. The highest BCUT2D eigenvalue weighted by Gasteiger charge is 2.24. The van der Waals surface area contributed by atoms with Crippen LogP contribution in [0, 0.1) is 0 Å². The molecule has 0 saturated heterocycles. The first-order valence-electron chi connectivity index (χ1n) is 7.57.